The second kappa shape index (κ2) is 11.8. The van der Waals surface area contributed by atoms with Crippen molar-refractivity contribution in [2.24, 2.45) is 0 Å². The van der Waals surface area contributed by atoms with Gasteiger partial charge >= 0.3 is 6.09 Å². The number of carbonyl (C=O) groups is 3. The molecule has 35 heavy (non-hydrogen) atoms. The molecule has 3 aromatic carbocycles. The molecule has 1 N–H and O–H groups in total. The third-order valence-corrected chi connectivity index (χ3v) is 5.93. The summed E-state index contributed by atoms with van der Waals surface area (Å²) in [7, 11) is 0. The lowest BCUT2D eigenvalue weighted by Gasteiger charge is -2.35. The van der Waals surface area contributed by atoms with E-state index in [0.717, 1.165) is 11.3 Å². The average molecular weight is 472 g/mol. The van der Waals surface area contributed by atoms with Gasteiger partial charge in [0.1, 0.15) is 6.61 Å². The molecule has 1 fully saturated rings. The zero-order chi connectivity index (χ0) is 24.5. The van der Waals surface area contributed by atoms with Crippen LogP contribution in [0.4, 0.5) is 16.2 Å². The number of anilines is 2. The number of ether oxygens (including phenoxy) is 1. The topological polar surface area (TPSA) is 79.0 Å². The lowest BCUT2D eigenvalue weighted by Crippen LogP contribution is -2.48. The molecule has 7 nitrogen and oxygen atoms in total. The molecule has 0 saturated carbocycles. The van der Waals surface area contributed by atoms with Gasteiger partial charge in [-0.25, -0.2) is 4.79 Å². The zero-order valence-electron chi connectivity index (χ0n) is 19.6. The summed E-state index contributed by atoms with van der Waals surface area (Å²) in [5.74, 6) is -0.233. The number of hydrogen-bond acceptors (Lipinski definition) is 5. The summed E-state index contributed by atoms with van der Waals surface area (Å²) in [6, 6.07) is 26.2. The number of nitrogens with one attached hydrogen (secondary N) is 1. The first-order valence-electron chi connectivity index (χ1n) is 11.8. The van der Waals surface area contributed by atoms with Gasteiger partial charge in [0.25, 0.3) is 0 Å². The monoisotopic (exact) mass is 471 g/mol. The third kappa shape index (κ3) is 6.93. The molecule has 1 aliphatic rings. The highest BCUT2D eigenvalue weighted by Crippen LogP contribution is 2.20. The molecule has 2 amide bonds. The smallest absolute Gasteiger partial charge is 0.410 e. The Morgan fingerprint density at radius 1 is 0.743 bits per heavy atom. The largest absolute Gasteiger partial charge is 0.445 e. The Labute approximate surface area is 205 Å². The fraction of sp³-hybridized carbons (Fsp3) is 0.250. The first kappa shape index (κ1) is 24.0. The molecule has 0 atom stereocenters. The van der Waals surface area contributed by atoms with Gasteiger partial charge in [-0.3, -0.25) is 9.59 Å². The molecule has 0 bridgehead atoms. The normalized spacial score (nSPS) is 13.3. The minimum absolute atomic E-state index is 0.0424. The summed E-state index contributed by atoms with van der Waals surface area (Å²) in [5.41, 5.74) is 3.30. The van der Waals surface area contributed by atoms with Crippen molar-refractivity contribution in [3.63, 3.8) is 0 Å². The Morgan fingerprint density at radius 3 is 2.03 bits per heavy atom. The maximum absolute atomic E-state index is 12.4. The summed E-state index contributed by atoms with van der Waals surface area (Å²) < 4.78 is 5.43. The van der Waals surface area contributed by atoms with Crippen LogP contribution in [-0.2, 0) is 16.1 Å². The maximum Gasteiger partial charge on any atom is 0.410 e. The molecule has 1 saturated heterocycles. The van der Waals surface area contributed by atoms with Crippen LogP contribution in [0, 0.1) is 0 Å². The molecule has 1 heterocycles. The molecule has 0 aliphatic carbocycles. The molecule has 7 heteroatoms. The van der Waals surface area contributed by atoms with Crippen molar-refractivity contribution >= 4 is 29.2 Å². The highest BCUT2D eigenvalue weighted by atomic mass is 16.6. The van der Waals surface area contributed by atoms with Gasteiger partial charge in [-0.15, -0.1) is 0 Å². The first-order valence-corrected chi connectivity index (χ1v) is 11.8. The van der Waals surface area contributed by atoms with Gasteiger partial charge < -0.3 is 19.9 Å². The van der Waals surface area contributed by atoms with Gasteiger partial charge in [0.15, 0.2) is 5.78 Å². The van der Waals surface area contributed by atoms with E-state index in [-0.39, 0.29) is 37.2 Å². The molecular weight excluding hydrogens is 442 g/mol. The Kier molecular flexibility index (Phi) is 8.12. The fourth-order valence-electron chi connectivity index (χ4n) is 3.93. The summed E-state index contributed by atoms with van der Waals surface area (Å²) in [6.45, 7) is 2.85. The van der Waals surface area contributed by atoms with Crippen LogP contribution in [0.15, 0.2) is 84.9 Å². The van der Waals surface area contributed by atoms with Gasteiger partial charge in [0.2, 0.25) is 5.91 Å². The second-order valence-electron chi connectivity index (χ2n) is 8.40. The molecule has 3 aromatic rings. The van der Waals surface area contributed by atoms with Crippen LogP contribution in [0.5, 0.6) is 0 Å². The molecule has 4 rings (SSSR count). The molecule has 0 radical (unpaired) electrons. The van der Waals surface area contributed by atoms with Crippen LogP contribution in [0.3, 0.4) is 0 Å². The van der Waals surface area contributed by atoms with E-state index in [2.05, 4.69) is 10.2 Å². The van der Waals surface area contributed by atoms with E-state index >= 15 is 0 Å². The Hall–Kier alpha value is -4.13. The fourth-order valence-corrected chi connectivity index (χ4v) is 3.93. The number of hydrogen-bond donors (Lipinski definition) is 1. The van der Waals surface area contributed by atoms with Gasteiger partial charge in [0.05, 0.1) is 0 Å². The number of carbonyl (C=O) groups excluding carboxylic acids is 3. The molecule has 0 unspecified atom stereocenters. The van der Waals surface area contributed by atoms with E-state index in [0.29, 0.717) is 37.4 Å². The summed E-state index contributed by atoms with van der Waals surface area (Å²) >= 11 is 0. The van der Waals surface area contributed by atoms with Gasteiger partial charge in [-0.1, -0.05) is 60.7 Å². The minimum atomic E-state index is -0.294. The molecule has 1 aliphatic heterocycles. The maximum atomic E-state index is 12.4. The molecular formula is C28H29N3O4. The second-order valence-corrected chi connectivity index (χ2v) is 8.40. The predicted molar refractivity (Wildman–Crippen MR) is 135 cm³/mol. The average Bonchev–Trinajstić information content (AvgIpc) is 2.92. The highest BCUT2D eigenvalue weighted by Gasteiger charge is 2.22. The number of benzene rings is 3. The van der Waals surface area contributed by atoms with Gasteiger partial charge in [-0.2, -0.15) is 0 Å². The lowest BCUT2D eigenvalue weighted by molar-refractivity contribution is -0.116. The van der Waals surface area contributed by atoms with Crippen LogP contribution >= 0.6 is 0 Å². The minimum Gasteiger partial charge on any atom is -0.445 e. The lowest BCUT2D eigenvalue weighted by atomic mass is 10.1. The summed E-state index contributed by atoms with van der Waals surface area (Å²) in [6.07, 6.45) is 0.0152. The van der Waals surface area contributed by atoms with E-state index < -0.39 is 0 Å². The summed E-state index contributed by atoms with van der Waals surface area (Å²) in [5, 5.41) is 2.85. The summed E-state index contributed by atoms with van der Waals surface area (Å²) in [4.78, 5) is 40.7. The van der Waals surface area contributed by atoms with Crippen molar-refractivity contribution in [1.82, 2.24) is 4.90 Å². The van der Waals surface area contributed by atoms with Crippen LogP contribution in [-0.4, -0.2) is 48.9 Å². The molecule has 0 spiro atoms. The van der Waals surface area contributed by atoms with Crippen molar-refractivity contribution in [2.75, 3.05) is 36.4 Å². The number of amides is 2. The van der Waals surface area contributed by atoms with E-state index in [1.165, 1.54) is 0 Å². The first-order chi connectivity index (χ1) is 17.1. The Balaban J connectivity index is 1.19. The van der Waals surface area contributed by atoms with Crippen LogP contribution < -0.4 is 10.2 Å². The van der Waals surface area contributed by atoms with E-state index in [4.69, 9.17) is 4.74 Å². The predicted octanol–water partition coefficient (Wildman–Crippen LogP) is 4.75. The number of rotatable bonds is 8. The van der Waals surface area contributed by atoms with E-state index in [1.807, 2.05) is 72.8 Å². The quantitative estimate of drug-likeness (QED) is 0.480. The molecule has 0 aromatic heterocycles. The molecule has 180 valence electrons. The number of ketones is 1. The zero-order valence-corrected chi connectivity index (χ0v) is 19.6. The van der Waals surface area contributed by atoms with Crippen LogP contribution in [0.25, 0.3) is 0 Å². The van der Waals surface area contributed by atoms with Crippen LogP contribution in [0.2, 0.25) is 0 Å². The van der Waals surface area contributed by atoms with E-state index in [1.54, 1.807) is 17.0 Å². The number of nitrogens with zero attached hydrogens (tertiary/aromatic N) is 2. The van der Waals surface area contributed by atoms with Gasteiger partial charge in [0, 0.05) is 56.0 Å². The van der Waals surface area contributed by atoms with Crippen molar-refractivity contribution < 1.29 is 19.1 Å². The van der Waals surface area contributed by atoms with Crippen molar-refractivity contribution in [3.05, 3.63) is 96.1 Å². The van der Waals surface area contributed by atoms with Crippen molar-refractivity contribution in [2.45, 2.75) is 19.4 Å². The number of piperazine rings is 1. The SMILES string of the molecule is O=C(CCC(=O)c1ccccc1)Nc1ccc(N2CCN(C(=O)OCc3ccccc3)CC2)cc1. The van der Waals surface area contributed by atoms with Crippen molar-refractivity contribution in [3.8, 4) is 0 Å². The Bertz CT molecular complexity index is 1130. The van der Waals surface area contributed by atoms with Gasteiger partial charge in [-0.05, 0) is 29.8 Å². The van der Waals surface area contributed by atoms with E-state index in [9.17, 15) is 14.4 Å². The standard InChI is InChI=1S/C28H29N3O4/c32-26(23-9-5-2-6-10-23)15-16-27(33)29-24-11-13-25(14-12-24)30-17-19-31(20-18-30)28(34)35-21-22-7-3-1-4-8-22/h1-14H,15-21H2,(H,29,33). The third-order valence-electron chi connectivity index (χ3n) is 5.93. The Morgan fingerprint density at radius 2 is 1.37 bits per heavy atom. The highest BCUT2D eigenvalue weighted by molar-refractivity contribution is 6.00. The van der Waals surface area contributed by atoms with Crippen molar-refractivity contribution in [1.29, 1.82) is 0 Å². The number of Topliss-reactive ketones (excluding diaryl/α,β-unsaturated/α-hetero) is 1. The van der Waals surface area contributed by atoms with Crippen LogP contribution in [0.1, 0.15) is 28.8 Å².